The maximum Gasteiger partial charge on any atom is 0.237 e. The number of likely N-dealkylation sites (tertiary alicyclic amines) is 1. The van der Waals surface area contributed by atoms with E-state index in [-0.39, 0.29) is 11.9 Å². The molecule has 3 atom stereocenters. The fourth-order valence-corrected chi connectivity index (χ4v) is 4.29. The van der Waals surface area contributed by atoms with Gasteiger partial charge in [-0.25, -0.2) is 0 Å². The second-order valence-electron chi connectivity index (χ2n) is 7.04. The lowest BCUT2D eigenvalue weighted by Gasteiger charge is -2.29. The van der Waals surface area contributed by atoms with Crippen molar-refractivity contribution in [3.05, 3.63) is 34.9 Å². The molecular formula is C19H28ClN3O. The van der Waals surface area contributed by atoms with Crippen LogP contribution < -0.4 is 10.6 Å². The highest BCUT2D eigenvalue weighted by molar-refractivity contribution is 6.30. The van der Waals surface area contributed by atoms with Crippen LogP contribution in [0.15, 0.2) is 24.3 Å². The molecule has 2 aliphatic rings. The molecule has 2 aliphatic heterocycles. The normalized spacial score (nSPS) is 27.5. The highest BCUT2D eigenvalue weighted by Crippen LogP contribution is 2.28. The number of amides is 1. The molecule has 4 nitrogen and oxygen atoms in total. The van der Waals surface area contributed by atoms with Gasteiger partial charge in [-0.2, -0.15) is 0 Å². The largest absolute Gasteiger partial charge is 0.351 e. The Morgan fingerprint density at radius 2 is 2.29 bits per heavy atom. The first-order chi connectivity index (χ1) is 11.7. The van der Waals surface area contributed by atoms with Gasteiger partial charge in [-0.3, -0.25) is 9.69 Å². The minimum absolute atomic E-state index is 0.0107. The molecule has 1 aromatic carbocycles. The summed E-state index contributed by atoms with van der Waals surface area (Å²) in [5, 5.41) is 7.39. The Morgan fingerprint density at radius 1 is 1.42 bits per heavy atom. The Morgan fingerprint density at radius 3 is 3.00 bits per heavy atom. The highest BCUT2D eigenvalue weighted by atomic mass is 35.5. The number of carbonyl (C=O) groups excluding carboxylic acids is 1. The van der Waals surface area contributed by atoms with Crippen LogP contribution in [0.4, 0.5) is 0 Å². The third-order valence-corrected chi connectivity index (χ3v) is 5.63. The first-order valence-corrected chi connectivity index (χ1v) is 9.54. The van der Waals surface area contributed by atoms with Gasteiger partial charge in [0.1, 0.15) is 0 Å². The lowest BCUT2D eigenvalue weighted by atomic mass is 9.96. The van der Waals surface area contributed by atoms with Crippen molar-refractivity contribution in [3.63, 3.8) is 0 Å². The first kappa shape index (κ1) is 17.7. The summed E-state index contributed by atoms with van der Waals surface area (Å²) in [5.41, 5.74) is 1.05. The third-order valence-electron chi connectivity index (χ3n) is 5.39. The van der Waals surface area contributed by atoms with E-state index in [1.807, 2.05) is 24.3 Å². The van der Waals surface area contributed by atoms with Crippen molar-refractivity contribution in [2.75, 3.05) is 19.6 Å². The average molecular weight is 350 g/mol. The quantitative estimate of drug-likeness (QED) is 0.830. The second-order valence-corrected chi connectivity index (χ2v) is 7.47. The van der Waals surface area contributed by atoms with Crippen molar-refractivity contribution in [1.82, 2.24) is 15.5 Å². The molecule has 0 bridgehead atoms. The number of hydrogen-bond acceptors (Lipinski definition) is 3. The zero-order valence-corrected chi connectivity index (χ0v) is 15.2. The molecule has 5 heteroatoms. The molecule has 1 aromatic rings. The van der Waals surface area contributed by atoms with Crippen LogP contribution in [-0.2, 0) is 11.3 Å². The highest BCUT2D eigenvalue weighted by Gasteiger charge is 2.39. The molecule has 0 unspecified atom stereocenters. The van der Waals surface area contributed by atoms with Gasteiger partial charge < -0.3 is 10.6 Å². The zero-order valence-electron chi connectivity index (χ0n) is 14.4. The van der Waals surface area contributed by atoms with Crippen molar-refractivity contribution in [2.45, 2.75) is 51.2 Å². The molecule has 132 valence electrons. The fraction of sp³-hybridized carbons (Fsp3) is 0.632. The fourth-order valence-electron chi connectivity index (χ4n) is 4.08. The summed E-state index contributed by atoms with van der Waals surface area (Å²) in [5.74, 6) is 0.628. The molecule has 0 radical (unpaired) electrons. The summed E-state index contributed by atoms with van der Waals surface area (Å²) in [7, 11) is 0. The van der Waals surface area contributed by atoms with Crippen LogP contribution in [0.2, 0.25) is 5.02 Å². The van der Waals surface area contributed by atoms with Crippen LogP contribution in [0.5, 0.6) is 0 Å². The number of nitrogens with one attached hydrogen (secondary N) is 2. The molecule has 2 N–H and O–H groups in total. The van der Waals surface area contributed by atoms with Gasteiger partial charge in [0.05, 0.1) is 6.04 Å². The van der Waals surface area contributed by atoms with Gasteiger partial charge in [0.2, 0.25) is 5.91 Å². The van der Waals surface area contributed by atoms with Gasteiger partial charge in [-0.1, -0.05) is 37.1 Å². The second kappa shape index (κ2) is 8.32. The van der Waals surface area contributed by atoms with Crippen molar-refractivity contribution >= 4 is 17.5 Å². The van der Waals surface area contributed by atoms with E-state index in [9.17, 15) is 4.79 Å². The number of carbonyl (C=O) groups is 1. The Bertz CT molecular complexity index is 559. The monoisotopic (exact) mass is 349 g/mol. The van der Waals surface area contributed by atoms with E-state index < -0.39 is 0 Å². The molecule has 0 aliphatic carbocycles. The molecule has 0 spiro atoms. The molecule has 1 amide bonds. The van der Waals surface area contributed by atoms with Gasteiger partial charge in [0.15, 0.2) is 0 Å². The topological polar surface area (TPSA) is 44.4 Å². The summed E-state index contributed by atoms with van der Waals surface area (Å²) < 4.78 is 0. The molecule has 2 saturated heterocycles. The standard InChI is InChI=1S/C19H28ClN3O/c1-2-15-8-10-23(13-17-7-4-9-21-17)18(15)19(24)22-12-14-5-3-6-16(20)11-14/h3,5-6,11,15,17-18,21H,2,4,7-10,12-13H2,1H3,(H,22,24)/t15-,17-,18-/m0/s1. The number of rotatable bonds is 6. The third kappa shape index (κ3) is 4.29. The lowest BCUT2D eigenvalue weighted by Crippen LogP contribution is -2.49. The van der Waals surface area contributed by atoms with E-state index >= 15 is 0 Å². The molecule has 0 aromatic heterocycles. The van der Waals surface area contributed by atoms with Crippen LogP contribution in [0.25, 0.3) is 0 Å². The average Bonchev–Trinajstić information content (AvgIpc) is 3.22. The molecule has 2 fully saturated rings. The molecule has 24 heavy (non-hydrogen) atoms. The van der Waals surface area contributed by atoms with Crippen LogP contribution >= 0.6 is 11.6 Å². The van der Waals surface area contributed by atoms with Crippen LogP contribution in [0.3, 0.4) is 0 Å². The van der Waals surface area contributed by atoms with Crippen molar-refractivity contribution in [1.29, 1.82) is 0 Å². The minimum atomic E-state index is 0.0107. The van der Waals surface area contributed by atoms with Crippen LogP contribution in [0, 0.1) is 5.92 Å². The molecule has 2 heterocycles. The predicted octanol–water partition coefficient (Wildman–Crippen LogP) is 2.81. The zero-order chi connectivity index (χ0) is 16.9. The number of halogens is 1. The number of nitrogens with zero attached hydrogens (tertiary/aromatic N) is 1. The van der Waals surface area contributed by atoms with Crippen LogP contribution in [-0.4, -0.2) is 42.5 Å². The summed E-state index contributed by atoms with van der Waals surface area (Å²) in [6.07, 6.45) is 4.66. The SMILES string of the molecule is CC[C@H]1CCN(C[C@@H]2CCCN2)[C@@H]1C(=O)NCc1cccc(Cl)c1. The van der Waals surface area contributed by atoms with Gasteiger partial charge in [0, 0.05) is 24.2 Å². The Hall–Kier alpha value is -1.10. The Kier molecular flexibility index (Phi) is 6.14. The van der Waals surface area contributed by atoms with E-state index in [1.165, 1.54) is 12.8 Å². The van der Waals surface area contributed by atoms with Gasteiger partial charge in [-0.05, 0) is 56.0 Å². The smallest absolute Gasteiger partial charge is 0.237 e. The Labute approximate surface area is 149 Å². The van der Waals surface area contributed by atoms with Gasteiger partial charge in [0.25, 0.3) is 0 Å². The van der Waals surface area contributed by atoms with E-state index in [1.54, 1.807) is 0 Å². The maximum absolute atomic E-state index is 12.9. The minimum Gasteiger partial charge on any atom is -0.351 e. The summed E-state index contributed by atoms with van der Waals surface area (Å²) >= 11 is 6.02. The number of hydrogen-bond donors (Lipinski definition) is 2. The molecular weight excluding hydrogens is 322 g/mol. The predicted molar refractivity (Wildman–Crippen MR) is 98.1 cm³/mol. The lowest BCUT2D eigenvalue weighted by molar-refractivity contribution is -0.127. The summed E-state index contributed by atoms with van der Waals surface area (Å²) in [4.78, 5) is 15.2. The molecule has 0 saturated carbocycles. The van der Waals surface area contributed by atoms with E-state index in [0.29, 0.717) is 23.5 Å². The van der Waals surface area contributed by atoms with Crippen molar-refractivity contribution < 1.29 is 4.79 Å². The van der Waals surface area contributed by atoms with Crippen molar-refractivity contribution in [2.24, 2.45) is 5.92 Å². The van der Waals surface area contributed by atoms with E-state index in [4.69, 9.17) is 11.6 Å². The first-order valence-electron chi connectivity index (χ1n) is 9.17. The molecule has 3 rings (SSSR count). The van der Waals surface area contributed by atoms with Crippen molar-refractivity contribution in [3.8, 4) is 0 Å². The van der Waals surface area contributed by atoms with E-state index in [2.05, 4.69) is 22.5 Å². The Balaban J connectivity index is 1.60. The van der Waals surface area contributed by atoms with Gasteiger partial charge >= 0.3 is 0 Å². The van der Waals surface area contributed by atoms with Crippen LogP contribution in [0.1, 0.15) is 38.2 Å². The maximum atomic E-state index is 12.9. The number of benzene rings is 1. The van der Waals surface area contributed by atoms with Gasteiger partial charge in [-0.15, -0.1) is 0 Å². The summed E-state index contributed by atoms with van der Waals surface area (Å²) in [6, 6.07) is 8.24. The summed E-state index contributed by atoms with van der Waals surface area (Å²) in [6.45, 7) is 5.88. The van der Waals surface area contributed by atoms with E-state index in [0.717, 1.165) is 38.0 Å².